The molecule has 0 aromatic heterocycles. The summed E-state index contributed by atoms with van der Waals surface area (Å²) >= 11 is 0. The smallest absolute Gasteiger partial charge is 0.305 e. The van der Waals surface area contributed by atoms with E-state index in [1.54, 1.807) is 0 Å². The van der Waals surface area contributed by atoms with Crippen LogP contribution in [0, 0.1) is 0 Å². The summed E-state index contributed by atoms with van der Waals surface area (Å²) in [4.78, 5) is 24.5. The van der Waals surface area contributed by atoms with Gasteiger partial charge in [-0.15, -0.1) is 0 Å². The molecule has 0 bridgehead atoms. The van der Waals surface area contributed by atoms with Crippen molar-refractivity contribution in [3.63, 3.8) is 0 Å². The number of hydrogen-bond donors (Lipinski definition) is 3. The monoisotopic (exact) mass is 1000 g/mol. The number of carbonyl (C=O) groups excluding carboxylic acids is 2. The van der Waals surface area contributed by atoms with Gasteiger partial charge in [0.25, 0.3) is 0 Å². The number of allylic oxidation sites excluding steroid dienone is 4. The van der Waals surface area contributed by atoms with E-state index in [4.69, 9.17) is 4.74 Å². The van der Waals surface area contributed by atoms with E-state index in [0.29, 0.717) is 25.9 Å². The van der Waals surface area contributed by atoms with Gasteiger partial charge in [0.2, 0.25) is 5.91 Å². The molecule has 0 unspecified atom stereocenters. The van der Waals surface area contributed by atoms with Crippen molar-refractivity contribution in [1.82, 2.24) is 5.32 Å². The van der Waals surface area contributed by atoms with Crippen LogP contribution >= 0.6 is 0 Å². The summed E-state index contributed by atoms with van der Waals surface area (Å²) in [5, 5.41) is 23.3. The molecular weight excluding hydrogens is 875 g/mol. The van der Waals surface area contributed by atoms with E-state index in [9.17, 15) is 19.8 Å². The fourth-order valence-electron chi connectivity index (χ4n) is 10.1. The Labute approximate surface area is 443 Å². The Kier molecular flexibility index (Phi) is 59.5. The number of nitrogens with one attached hydrogen (secondary N) is 1. The van der Waals surface area contributed by atoms with Crippen molar-refractivity contribution < 1.29 is 24.5 Å². The van der Waals surface area contributed by atoms with E-state index in [-0.39, 0.29) is 18.5 Å². The zero-order valence-electron chi connectivity index (χ0n) is 48.0. The number of amides is 1. The number of ether oxygens (including phenoxy) is 1. The lowest BCUT2D eigenvalue weighted by Gasteiger charge is -2.22. The SMILES string of the molecule is CCCCC/C=C\C/C=C\CCCCCCCC(=O)OCCCCCCCCCCCCCCCCCCCCCCCCCCCCC(=O)N[C@@H](CO)[C@H](O)CCCCCCCCCCCCCCC. The second kappa shape index (κ2) is 60.9. The molecule has 0 aromatic rings. The van der Waals surface area contributed by atoms with Gasteiger partial charge in [0.15, 0.2) is 0 Å². The quantitative estimate of drug-likeness (QED) is 0.0320. The number of aliphatic hydroxyl groups is 2. The van der Waals surface area contributed by atoms with Crippen molar-refractivity contribution >= 4 is 11.9 Å². The van der Waals surface area contributed by atoms with Crippen LogP contribution in [0.5, 0.6) is 0 Å². The second-order valence-corrected chi connectivity index (χ2v) is 22.1. The van der Waals surface area contributed by atoms with Crippen LogP contribution in [0.2, 0.25) is 0 Å². The normalized spacial score (nSPS) is 12.7. The first-order valence-electron chi connectivity index (χ1n) is 32.1. The van der Waals surface area contributed by atoms with Crippen molar-refractivity contribution in [1.29, 1.82) is 0 Å². The minimum absolute atomic E-state index is 0.00359. The minimum atomic E-state index is -0.661. The van der Waals surface area contributed by atoms with Gasteiger partial charge in [0.1, 0.15) is 0 Å². The Morgan fingerprint density at radius 2 is 0.704 bits per heavy atom. The van der Waals surface area contributed by atoms with Crippen LogP contribution in [0.4, 0.5) is 0 Å². The van der Waals surface area contributed by atoms with Gasteiger partial charge < -0.3 is 20.3 Å². The topological polar surface area (TPSA) is 95.9 Å². The molecule has 2 atom stereocenters. The molecule has 0 rings (SSSR count). The average Bonchev–Trinajstić information content (AvgIpc) is 3.37. The van der Waals surface area contributed by atoms with E-state index in [2.05, 4.69) is 43.5 Å². The molecule has 0 aliphatic heterocycles. The predicted octanol–water partition coefficient (Wildman–Crippen LogP) is 20.2. The van der Waals surface area contributed by atoms with Gasteiger partial charge in [-0.2, -0.15) is 0 Å². The highest BCUT2D eigenvalue weighted by atomic mass is 16.5. The summed E-state index contributed by atoms with van der Waals surface area (Å²) in [6.45, 7) is 4.94. The van der Waals surface area contributed by atoms with E-state index in [0.717, 1.165) is 51.4 Å². The fourth-order valence-corrected chi connectivity index (χ4v) is 10.1. The van der Waals surface area contributed by atoms with Crippen molar-refractivity contribution in [2.24, 2.45) is 0 Å². The standard InChI is InChI=1S/C65H125NO5/c1-3-5-7-9-11-13-15-17-30-35-39-43-47-51-55-59-65(70)71-60-56-52-48-44-40-36-32-29-27-25-23-21-19-18-20-22-24-26-28-31-34-38-42-46-50-54-58-64(69)66-62(61-67)63(68)57-53-49-45-41-37-33-16-14-12-10-8-6-4-2/h11,13,17,30,62-63,67-68H,3-10,12,14-16,18-29,31-61H2,1-2H3,(H,66,69)/b13-11-,30-17-/t62-,63+/m0/s1. The Bertz CT molecular complexity index is 1110. The Morgan fingerprint density at radius 3 is 1.10 bits per heavy atom. The highest BCUT2D eigenvalue weighted by molar-refractivity contribution is 5.76. The molecule has 6 heteroatoms. The molecule has 0 saturated carbocycles. The zero-order valence-corrected chi connectivity index (χ0v) is 48.0. The molecule has 3 N–H and O–H groups in total. The fraction of sp³-hybridized carbons (Fsp3) is 0.908. The zero-order chi connectivity index (χ0) is 51.4. The molecule has 0 heterocycles. The third-order valence-electron chi connectivity index (χ3n) is 15.0. The van der Waals surface area contributed by atoms with Gasteiger partial charge >= 0.3 is 5.97 Å². The van der Waals surface area contributed by atoms with Crippen LogP contribution < -0.4 is 5.32 Å². The van der Waals surface area contributed by atoms with Gasteiger partial charge in [-0.05, 0) is 57.8 Å². The molecule has 0 saturated heterocycles. The lowest BCUT2D eigenvalue weighted by molar-refractivity contribution is -0.143. The summed E-state index contributed by atoms with van der Waals surface area (Å²) < 4.78 is 5.48. The van der Waals surface area contributed by atoms with Gasteiger partial charge in [-0.1, -0.05) is 308 Å². The third-order valence-corrected chi connectivity index (χ3v) is 15.0. The number of carbonyl (C=O) groups is 2. The van der Waals surface area contributed by atoms with Crippen molar-refractivity contribution in [2.75, 3.05) is 13.2 Å². The summed E-state index contributed by atoms with van der Waals surface area (Å²) in [5.41, 5.74) is 0. The van der Waals surface area contributed by atoms with Gasteiger partial charge in [-0.3, -0.25) is 9.59 Å². The molecule has 0 fully saturated rings. The van der Waals surface area contributed by atoms with Gasteiger partial charge in [0.05, 0.1) is 25.4 Å². The number of unbranched alkanes of at least 4 members (excludes halogenated alkanes) is 45. The maximum absolute atomic E-state index is 12.5. The molecule has 71 heavy (non-hydrogen) atoms. The molecule has 0 aromatic carbocycles. The van der Waals surface area contributed by atoms with Crippen LogP contribution in [0.15, 0.2) is 24.3 Å². The molecular formula is C65H125NO5. The molecule has 0 aliphatic rings. The molecule has 0 spiro atoms. The van der Waals surface area contributed by atoms with Gasteiger partial charge in [-0.25, -0.2) is 0 Å². The summed E-state index contributed by atoms with van der Waals surface area (Å²) in [5.74, 6) is -0.0278. The van der Waals surface area contributed by atoms with E-state index < -0.39 is 12.1 Å². The van der Waals surface area contributed by atoms with Crippen LogP contribution in [0.3, 0.4) is 0 Å². The summed E-state index contributed by atoms with van der Waals surface area (Å²) in [6, 6.07) is -0.539. The Morgan fingerprint density at radius 1 is 0.394 bits per heavy atom. The first-order valence-corrected chi connectivity index (χ1v) is 32.1. The second-order valence-electron chi connectivity index (χ2n) is 22.1. The molecule has 0 aliphatic carbocycles. The average molecular weight is 1000 g/mol. The number of aliphatic hydroxyl groups excluding tert-OH is 2. The minimum Gasteiger partial charge on any atom is -0.466 e. The first kappa shape index (κ1) is 69.3. The highest BCUT2D eigenvalue weighted by Crippen LogP contribution is 2.18. The maximum Gasteiger partial charge on any atom is 0.305 e. The van der Waals surface area contributed by atoms with Crippen LogP contribution in [-0.2, 0) is 14.3 Å². The molecule has 6 nitrogen and oxygen atoms in total. The number of rotatable bonds is 60. The van der Waals surface area contributed by atoms with Crippen LogP contribution in [-0.4, -0.2) is 47.4 Å². The van der Waals surface area contributed by atoms with Gasteiger partial charge in [0, 0.05) is 12.8 Å². The molecule has 0 radical (unpaired) electrons. The van der Waals surface area contributed by atoms with Crippen molar-refractivity contribution in [2.45, 2.75) is 366 Å². The van der Waals surface area contributed by atoms with Crippen LogP contribution in [0.25, 0.3) is 0 Å². The third kappa shape index (κ3) is 57.5. The molecule has 1 amide bonds. The summed E-state index contributed by atoms with van der Waals surface area (Å²) in [6.07, 6.45) is 74.9. The van der Waals surface area contributed by atoms with Crippen molar-refractivity contribution in [3.8, 4) is 0 Å². The Hall–Kier alpha value is -1.66. The Balaban J connectivity index is 3.34. The number of esters is 1. The van der Waals surface area contributed by atoms with E-state index in [1.165, 1.54) is 270 Å². The van der Waals surface area contributed by atoms with E-state index >= 15 is 0 Å². The van der Waals surface area contributed by atoms with Crippen molar-refractivity contribution in [3.05, 3.63) is 24.3 Å². The lowest BCUT2D eigenvalue weighted by Crippen LogP contribution is -2.45. The number of hydrogen-bond acceptors (Lipinski definition) is 5. The van der Waals surface area contributed by atoms with E-state index in [1.807, 2.05) is 0 Å². The van der Waals surface area contributed by atoms with Crippen LogP contribution in [0.1, 0.15) is 354 Å². The summed E-state index contributed by atoms with van der Waals surface area (Å²) in [7, 11) is 0. The first-order chi connectivity index (χ1) is 35.0. The highest BCUT2D eigenvalue weighted by Gasteiger charge is 2.20. The lowest BCUT2D eigenvalue weighted by atomic mass is 10.0. The predicted molar refractivity (Wildman–Crippen MR) is 310 cm³/mol. The maximum atomic E-state index is 12.5. The largest absolute Gasteiger partial charge is 0.466 e. The molecule has 420 valence electrons.